The molecule has 1 aromatic carbocycles. The SMILES string of the molecule is CC(=O)N(C)c1nc(C=CC(=O)c2c[nH]c3cc(F)ccc23)cs1. The molecule has 0 aliphatic carbocycles. The average molecular weight is 343 g/mol. The number of fused-ring (bicyclic) bond motifs is 1. The summed E-state index contributed by atoms with van der Waals surface area (Å²) in [5.41, 5.74) is 1.64. The average Bonchev–Trinajstić information content (AvgIpc) is 3.18. The minimum Gasteiger partial charge on any atom is -0.360 e. The number of carbonyl (C=O) groups is 2. The summed E-state index contributed by atoms with van der Waals surface area (Å²) in [6.07, 6.45) is 4.57. The number of H-pyrrole nitrogens is 1. The van der Waals surface area contributed by atoms with Gasteiger partial charge < -0.3 is 4.98 Å². The molecule has 1 N–H and O–H groups in total. The number of amides is 1. The Kier molecular flexibility index (Phi) is 4.26. The van der Waals surface area contributed by atoms with E-state index in [-0.39, 0.29) is 17.5 Å². The van der Waals surface area contributed by atoms with Gasteiger partial charge in [-0.3, -0.25) is 14.5 Å². The number of anilines is 1. The number of thiazole rings is 1. The van der Waals surface area contributed by atoms with Gasteiger partial charge in [0.25, 0.3) is 0 Å². The van der Waals surface area contributed by atoms with Crippen molar-refractivity contribution in [2.45, 2.75) is 6.92 Å². The number of hydrogen-bond donors (Lipinski definition) is 1. The predicted molar refractivity (Wildman–Crippen MR) is 92.8 cm³/mol. The number of aromatic amines is 1. The second-order valence-electron chi connectivity index (χ2n) is 5.22. The Morgan fingerprint density at radius 1 is 1.38 bits per heavy atom. The molecule has 1 amide bonds. The van der Waals surface area contributed by atoms with E-state index >= 15 is 0 Å². The van der Waals surface area contributed by atoms with Crippen LogP contribution < -0.4 is 4.90 Å². The van der Waals surface area contributed by atoms with E-state index in [4.69, 9.17) is 0 Å². The van der Waals surface area contributed by atoms with Crippen molar-refractivity contribution in [2.75, 3.05) is 11.9 Å². The fourth-order valence-corrected chi connectivity index (χ4v) is 3.00. The fourth-order valence-electron chi connectivity index (χ4n) is 2.19. The highest BCUT2D eigenvalue weighted by molar-refractivity contribution is 7.14. The number of hydrogen-bond acceptors (Lipinski definition) is 4. The number of aromatic nitrogens is 2. The quantitative estimate of drug-likeness (QED) is 0.581. The summed E-state index contributed by atoms with van der Waals surface area (Å²) in [7, 11) is 1.64. The van der Waals surface area contributed by atoms with Gasteiger partial charge in [-0.25, -0.2) is 9.37 Å². The van der Waals surface area contributed by atoms with Crippen LogP contribution in [0, 0.1) is 5.82 Å². The third-order valence-electron chi connectivity index (χ3n) is 3.58. The molecule has 0 atom stereocenters. The van der Waals surface area contributed by atoms with E-state index in [9.17, 15) is 14.0 Å². The molecule has 2 aromatic heterocycles. The lowest BCUT2D eigenvalue weighted by molar-refractivity contribution is -0.116. The third kappa shape index (κ3) is 3.11. The zero-order valence-corrected chi connectivity index (χ0v) is 13.9. The van der Waals surface area contributed by atoms with Gasteiger partial charge in [0.15, 0.2) is 10.9 Å². The van der Waals surface area contributed by atoms with Crippen LogP contribution in [0.25, 0.3) is 17.0 Å². The van der Waals surface area contributed by atoms with Gasteiger partial charge in [-0.05, 0) is 30.4 Å². The number of benzene rings is 1. The van der Waals surface area contributed by atoms with Crippen LogP contribution in [0.15, 0.2) is 35.9 Å². The molecule has 122 valence electrons. The Balaban J connectivity index is 1.81. The van der Waals surface area contributed by atoms with Crippen LogP contribution in [-0.2, 0) is 4.79 Å². The normalized spacial score (nSPS) is 11.3. The van der Waals surface area contributed by atoms with Crippen molar-refractivity contribution in [3.63, 3.8) is 0 Å². The molecule has 0 spiro atoms. The van der Waals surface area contributed by atoms with Gasteiger partial charge in [0, 0.05) is 42.0 Å². The molecule has 5 nitrogen and oxygen atoms in total. The molecule has 24 heavy (non-hydrogen) atoms. The predicted octanol–water partition coefficient (Wildman–Crippen LogP) is 3.64. The zero-order chi connectivity index (χ0) is 17.3. The van der Waals surface area contributed by atoms with E-state index < -0.39 is 0 Å². The van der Waals surface area contributed by atoms with Crippen LogP contribution in [0.1, 0.15) is 23.0 Å². The van der Waals surface area contributed by atoms with Crippen molar-refractivity contribution in [3.8, 4) is 0 Å². The summed E-state index contributed by atoms with van der Waals surface area (Å²) in [6.45, 7) is 1.46. The van der Waals surface area contributed by atoms with Crippen LogP contribution in [0.5, 0.6) is 0 Å². The molecule has 3 aromatic rings. The highest BCUT2D eigenvalue weighted by Gasteiger charge is 2.11. The molecule has 0 bridgehead atoms. The van der Waals surface area contributed by atoms with Crippen LogP contribution >= 0.6 is 11.3 Å². The molecular formula is C17H14FN3O2S. The molecule has 7 heteroatoms. The van der Waals surface area contributed by atoms with E-state index in [1.165, 1.54) is 41.4 Å². The van der Waals surface area contributed by atoms with Crippen LogP contribution in [0.4, 0.5) is 9.52 Å². The summed E-state index contributed by atoms with van der Waals surface area (Å²) in [5.74, 6) is -0.673. The molecule has 0 saturated carbocycles. The molecule has 0 saturated heterocycles. The lowest BCUT2D eigenvalue weighted by atomic mass is 10.1. The molecule has 0 fully saturated rings. The molecule has 3 rings (SSSR count). The van der Waals surface area contributed by atoms with Crippen LogP contribution in [-0.4, -0.2) is 28.7 Å². The minimum atomic E-state index is -0.358. The Hall–Kier alpha value is -2.80. The molecule has 0 radical (unpaired) electrons. The highest BCUT2D eigenvalue weighted by atomic mass is 32.1. The topological polar surface area (TPSA) is 66.1 Å². The number of halogens is 1. The Morgan fingerprint density at radius 3 is 2.92 bits per heavy atom. The first-order valence-corrected chi connectivity index (χ1v) is 8.02. The van der Waals surface area contributed by atoms with E-state index in [0.29, 0.717) is 27.3 Å². The van der Waals surface area contributed by atoms with Crippen molar-refractivity contribution >= 4 is 45.1 Å². The minimum absolute atomic E-state index is 0.109. The number of ketones is 1. The maximum absolute atomic E-state index is 13.2. The molecule has 0 aliphatic rings. The second kappa shape index (κ2) is 6.37. The van der Waals surface area contributed by atoms with Gasteiger partial charge >= 0.3 is 0 Å². The highest BCUT2D eigenvalue weighted by Crippen LogP contribution is 2.22. The number of nitrogens with one attached hydrogen (secondary N) is 1. The van der Waals surface area contributed by atoms with Gasteiger partial charge in [0.05, 0.1) is 5.69 Å². The summed E-state index contributed by atoms with van der Waals surface area (Å²) in [6, 6.07) is 4.24. The number of nitrogens with zero attached hydrogens (tertiary/aromatic N) is 2. The largest absolute Gasteiger partial charge is 0.360 e. The van der Waals surface area contributed by atoms with E-state index in [1.54, 1.807) is 30.8 Å². The van der Waals surface area contributed by atoms with Gasteiger partial charge in [0.1, 0.15) is 5.82 Å². The first-order chi connectivity index (χ1) is 11.5. The van der Waals surface area contributed by atoms with Crippen molar-refractivity contribution in [1.29, 1.82) is 0 Å². The van der Waals surface area contributed by atoms with Crippen LogP contribution in [0.3, 0.4) is 0 Å². The maximum Gasteiger partial charge on any atom is 0.225 e. The lowest BCUT2D eigenvalue weighted by Crippen LogP contribution is -2.22. The maximum atomic E-state index is 13.2. The second-order valence-corrected chi connectivity index (χ2v) is 6.06. The van der Waals surface area contributed by atoms with Gasteiger partial charge in [-0.15, -0.1) is 11.3 Å². The van der Waals surface area contributed by atoms with Gasteiger partial charge in [-0.1, -0.05) is 0 Å². The summed E-state index contributed by atoms with van der Waals surface area (Å²) in [5, 5.41) is 3.00. The van der Waals surface area contributed by atoms with Crippen LogP contribution in [0.2, 0.25) is 0 Å². The van der Waals surface area contributed by atoms with E-state index in [0.717, 1.165) is 0 Å². The van der Waals surface area contributed by atoms with Gasteiger partial charge in [0.2, 0.25) is 5.91 Å². The summed E-state index contributed by atoms with van der Waals surface area (Å²) >= 11 is 1.32. The Labute approximate surface area is 141 Å². The summed E-state index contributed by atoms with van der Waals surface area (Å²) in [4.78, 5) is 32.3. The van der Waals surface area contributed by atoms with Crippen molar-refractivity contribution in [3.05, 3.63) is 52.9 Å². The third-order valence-corrected chi connectivity index (χ3v) is 4.52. The lowest BCUT2D eigenvalue weighted by Gasteiger charge is -2.09. The Bertz CT molecular complexity index is 958. The molecule has 2 heterocycles. The molecule has 0 unspecified atom stereocenters. The first kappa shape index (κ1) is 16.1. The number of rotatable bonds is 4. The fraction of sp³-hybridized carbons (Fsp3) is 0.118. The monoisotopic (exact) mass is 343 g/mol. The molecular weight excluding hydrogens is 329 g/mol. The van der Waals surface area contributed by atoms with Crippen molar-refractivity contribution < 1.29 is 14.0 Å². The number of allylic oxidation sites excluding steroid dienone is 1. The summed E-state index contributed by atoms with van der Waals surface area (Å²) < 4.78 is 13.2. The van der Waals surface area contributed by atoms with Crippen molar-refractivity contribution in [2.24, 2.45) is 0 Å². The standard InChI is InChI=1S/C17H14FN3O2S/c1-10(22)21(2)17-20-12(9-24-17)4-6-16(23)14-8-19-15-7-11(18)3-5-13(14)15/h3-9,19H,1-2H3. The van der Waals surface area contributed by atoms with Gasteiger partial charge in [-0.2, -0.15) is 0 Å². The first-order valence-electron chi connectivity index (χ1n) is 7.14. The Morgan fingerprint density at radius 2 is 2.17 bits per heavy atom. The zero-order valence-electron chi connectivity index (χ0n) is 13.0. The smallest absolute Gasteiger partial charge is 0.225 e. The van der Waals surface area contributed by atoms with E-state index in [1.807, 2.05) is 0 Å². The number of carbonyl (C=O) groups excluding carboxylic acids is 2. The van der Waals surface area contributed by atoms with E-state index in [2.05, 4.69) is 9.97 Å². The van der Waals surface area contributed by atoms with Crippen molar-refractivity contribution in [1.82, 2.24) is 9.97 Å². The molecule has 0 aliphatic heterocycles.